The number of allylic oxidation sites excluding steroid dienone is 1. The molecule has 0 saturated carbocycles. The molecular weight excluding hydrogens is 344 g/mol. The molecule has 0 fully saturated rings. The van der Waals surface area contributed by atoms with Crippen LogP contribution in [0, 0.1) is 0 Å². The van der Waals surface area contributed by atoms with E-state index >= 15 is 0 Å². The van der Waals surface area contributed by atoms with Crippen molar-refractivity contribution in [2.24, 2.45) is 0 Å². The number of carbonyl (C=O) groups is 2. The molecule has 2 rings (SSSR count). The predicted molar refractivity (Wildman–Crippen MR) is 89.6 cm³/mol. The molecule has 1 aliphatic rings. The molecule has 0 aromatic heterocycles. The molecule has 0 amide bonds. The van der Waals surface area contributed by atoms with Gasteiger partial charge in [0.05, 0.1) is 39.1 Å². The highest BCUT2D eigenvalue weighted by Crippen LogP contribution is 2.31. The third-order valence-electron chi connectivity index (χ3n) is 3.80. The normalized spacial score (nSPS) is 19.4. The lowest BCUT2D eigenvalue weighted by atomic mass is 9.92. The Morgan fingerprint density at radius 1 is 1.19 bits per heavy atom. The van der Waals surface area contributed by atoms with Crippen LogP contribution in [0.2, 0.25) is 0 Å². The summed E-state index contributed by atoms with van der Waals surface area (Å²) < 4.78 is 20.6. The summed E-state index contributed by atoms with van der Waals surface area (Å²) in [4.78, 5) is 22.8. The van der Waals surface area contributed by atoms with E-state index in [4.69, 9.17) is 19.3 Å². The average molecular weight is 366 g/mol. The number of methoxy groups -OCH3 is 1. The van der Waals surface area contributed by atoms with Crippen LogP contribution in [0.1, 0.15) is 28.3 Å². The van der Waals surface area contributed by atoms with Gasteiger partial charge in [0.25, 0.3) is 0 Å². The van der Waals surface area contributed by atoms with E-state index in [1.54, 1.807) is 24.3 Å². The van der Waals surface area contributed by atoms with Crippen molar-refractivity contribution in [3.63, 3.8) is 0 Å². The van der Waals surface area contributed by atoms with Crippen LogP contribution >= 0.6 is 0 Å². The molecule has 0 radical (unpaired) electrons. The third-order valence-corrected chi connectivity index (χ3v) is 3.80. The van der Waals surface area contributed by atoms with Gasteiger partial charge >= 0.3 is 11.9 Å². The zero-order valence-corrected chi connectivity index (χ0v) is 14.4. The van der Waals surface area contributed by atoms with Gasteiger partial charge in [-0.25, -0.2) is 9.59 Å². The first-order chi connectivity index (χ1) is 12.5. The standard InChI is InChI=1S/C18H22O8/c1-23-18(22)13-4-2-12(3-5-13)14-10-15(17(20)21)26-16(11-14)25-9-8-24-7-6-19/h2-5,10,14,16,19H,6-9,11H2,1H3,(H,20,21). The van der Waals surface area contributed by atoms with Gasteiger partial charge in [0.2, 0.25) is 12.0 Å². The molecule has 26 heavy (non-hydrogen) atoms. The number of esters is 1. The van der Waals surface area contributed by atoms with Crippen LogP contribution in [-0.2, 0) is 23.7 Å². The van der Waals surface area contributed by atoms with Gasteiger partial charge in [0.15, 0.2) is 0 Å². The van der Waals surface area contributed by atoms with Crippen molar-refractivity contribution in [1.29, 1.82) is 0 Å². The fourth-order valence-electron chi connectivity index (χ4n) is 2.53. The molecule has 0 saturated heterocycles. The van der Waals surface area contributed by atoms with Gasteiger partial charge in [-0.2, -0.15) is 0 Å². The average Bonchev–Trinajstić information content (AvgIpc) is 2.67. The molecule has 0 spiro atoms. The third kappa shape index (κ3) is 5.55. The maximum absolute atomic E-state index is 11.5. The predicted octanol–water partition coefficient (Wildman–Crippen LogP) is 1.30. The molecule has 0 aliphatic carbocycles. The summed E-state index contributed by atoms with van der Waals surface area (Å²) in [6.07, 6.45) is 1.22. The Kier molecular flexibility index (Phi) is 7.58. The van der Waals surface area contributed by atoms with E-state index in [0.29, 0.717) is 12.0 Å². The van der Waals surface area contributed by atoms with Crippen LogP contribution in [0.3, 0.4) is 0 Å². The quantitative estimate of drug-likeness (QED) is 0.497. The first-order valence-electron chi connectivity index (χ1n) is 8.15. The van der Waals surface area contributed by atoms with Crippen molar-refractivity contribution >= 4 is 11.9 Å². The summed E-state index contributed by atoms with van der Waals surface area (Å²) in [5.74, 6) is -2.02. The van der Waals surface area contributed by atoms with Gasteiger partial charge < -0.3 is 29.2 Å². The van der Waals surface area contributed by atoms with E-state index in [-0.39, 0.29) is 38.1 Å². The second kappa shape index (κ2) is 9.91. The molecular formula is C18H22O8. The van der Waals surface area contributed by atoms with Gasteiger partial charge in [-0.1, -0.05) is 12.1 Å². The van der Waals surface area contributed by atoms with Gasteiger partial charge in [0.1, 0.15) is 0 Å². The van der Waals surface area contributed by atoms with Crippen molar-refractivity contribution in [2.45, 2.75) is 18.6 Å². The summed E-state index contributed by atoms with van der Waals surface area (Å²) in [5, 5.41) is 17.9. The lowest BCUT2D eigenvalue weighted by Gasteiger charge is -2.28. The van der Waals surface area contributed by atoms with Crippen LogP contribution in [0.15, 0.2) is 36.1 Å². The minimum Gasteiger partial charge on any atom is -0.475 e. The molecule has 0 bridgehead atoms. The number of aliphatic hydroxyl groups excluding tert-OH is 1. The van der Waals surface area contributed by atoms with Crippen molar-refractivity contribution in [3.8, 4) is 0 Å². The molecule has 8 heteroatoms. The first-order valence-corrected chi connectivity index (χ1v) is 8.15. The Balaban J connectivity index is 2.04. The largest absolute Gasteiger partial charge is 0.475 e. The second-order valence-electron chi connectivity index (χ2n) is 5.55. The zero-order valence-electron chi connectivity index (χ0n) is 14.4. The summed E-state index contributed by atoms with van der Waals surface area (Å²) in [5.41, 5.74) is 1.25. The highest BCUT2D eigenvalue weighted by Gasteiger charge is 2.28. The smallest absolute Gasteiger partial charge is 0.370 e. The Labute approximate surface area is 150 Å². The van der Waals surface area contributed by atoms with Crippen molar-refractivity contribution in [3.05, 3.63) is 47.2 Å². The van der Waals surface area contributed by atoms with Crippen LogP contribution in [0.5, 0.6) is 0 Å². The van der Waals surface area contributed by atoms with Crippen molar-refractivity contribution in [2.75, 3.05) is 33.5 Å². The molecule has 1 aromatic carbocycles. The summed E-state index contributed by atoms with van der Waals surface area (Å²) in [7, 11) is 1.31. The fraction of sp³-hybridized carbons (Fsp3) is 0.444. The van der Waals surface area contributed by atoms with E-state index < -0.39 is 18.2 Å². The van der Waals surface area contributed by atoms with Crippen molar-refractivity contribution in [1.82, 2.24) is 0 Å². The SMILES string of the molecule is COC(=O)c1ccc(C2C=C(C(=O)O)OC(OCCOCCO)C2)cc1. The Morgan fingerprint density at radius 2 is 1.92 bits per heavy atom. The maximum atomic E-state index is 11.5. The van der Waals surface area contributed by atoms with Crippen molar-refractivity contribution < 1.29 is 38.7 Å². The molecule has 2 unspecified atom stereocenters. The van der Waals surface area contributed by atoms with Crippen LogP contribution in [0.25, 0.3) is 0 Å². The van der Waals surface area contributed by atoms with Crippen LogP contribution in [0.4, 0.5) is 0 Å². The number of carboxylic acids is 1. The number of benzene rings is 1. The van der Waals surface area contributed by atoms with E-state index in [0.717, 1.165) is 5.56 Å². The van der Waals surface area contributed by atoms with Gasteiger partial charge in [-0.15, -0.1) is 0 Å². The monoisotopic (exact) mass is 366 g/mol. The number of carbonyl (C=O) groups excluding carboxylic acids is 1. The van der Waals surface area contributed by atoms with Crippen LogP contribution < -0.4 is 0 Å². The summed E-state index contributed by atoms with van der Waals surface area (Å²) in [6.45, 7) is 0.621. The highest BCUT2D eigenvalue weighted by atomic mass is 16.7. The Bertz CT molecular complexity index is 637. The lowest BCUT2D eigenvalue weighted by molar-refractivity contribution is -0.160. The first kappa shape index (κ1) is 19.9. The number of aliphatic hydroxyl groups is 1. The van der Waals surface area contributed by atoms with Gasteiger partial charge in [0, 0.05) is 12.3 Å². The minimum absolute atomic E-state index is 0.0739. The summed E-state index contributed by atoms with van der Waals surface area (Å²) in [6, 6.07) is 6.76. The Morgan fingerprint density at radius 3 is 2.54 bits per heavy atom. The maximum Gasteiger partial charge on any atom is 0.370 e. The molecule has 8 nitrogen and oxygen atoms in total. The molecule has 1 aromatic rings. The fourth-order valence-corrected chi connectivity index (χ4v) is 2.53. The topological polar surface area (TPSA) is 112 Å². The van der Waals surface area contributed by atoms with Crippen LogP contribution in [-0.4, -0.2) is 62.0 Å². The molecule has 142 valence electrons. The number of hydrogen-bond acceptors (Lipinski definition) is 7. The molecule has 2 atom stereocenters. The van der Waals surface area contributed by atoms with Gasteiger partial charge in [-0.05, 0) is 23.8 Å². The Hall–Kier alpha value is -2.42. The highest BCUT2D eigenvalue weighted by molar-refractivity contribution is 5.89. The number of aliphatic carboxylic acids is 1. The lowest BCUT2D eigenvalue weighted by Crippen LogP contribution is -2.28. The van der Waals surface area contributed by atoms with E-state index in [1.165, 1.54) is 13.2 Å². The molecule has 2 N–H and O–H groups in total. The molecule has 1 aliphatic heterocycles. The number of rotatable bonds is 9. The van der Waals surface area contributed by atoms with E-state index in [9.17, 15) is 14.7 Å². The number of hydrogen-bond donors (Lipinski definition) is 2. The second-order valence-corrected chi connectivity index (χ2v) is 5.55. The number of carboxylic acid groups (broad SMARTS) is 1. The van der Waals surface area contributed by atoms with Gasteiger partial charge in [-0.3, -0.25) is 0 Å². The van der Waals surface area contributed by atoms with E-state index in [2.05, 4.69) is 4.74 Å². The number of ether oxygens (including phenoxy) is 4. The minimum atomic E-state index is -1.17. The zero-order chi connectivity index (χ0) is 18.9. The molecule has 1 heterocycles. The van der Waals surface area contributed by atoms with E-state index in [1.807, 2.05) is 0 Å². The summed E-state index contributed by atoms with van der Waals surface area (Å²) >= 11 is 0.